The third-order valence-electron chi connectivity index (χ3n) is 4.43. The number of nitrogens with one attached hydrogen (secondary N) is 1. The predicted octanol–water partition coefficient (Wildman–Crippen LogP) is -0.522. The second-order valence-electron chi connectivity index (χ2n) is 5.90. The molecule has 1 amide bonds. The van der Waals surface area contributed by atoms with E-state index in [0.717, 1.165) is 31.6 Å². The molecule has 0 bridgehead atoms. The summed E-state index contributed by atoms with van der Waals surface area (Å²) in [6, 6.07) is 0. The molecule has 0 saturated carbocycles. The lowest BCUT2D eigenvalue weighted by atomic mass is 10.1. The first-order chi connectivity index (χ1) is 11.1. The van der Waals surface area contributed by atoms with Crippen molar-refractivity contribution in [3.63, 3.8) is 0 Å². The molecule has 0 unspecified atom stereocenters. The lowest BCUT2D eigenvalue weighted by Gasteiger charge is -2.27. The van der Waals surface area contributed by atoms with Crippen LogP contribution in [0.25, 0.3) is 0 Å². The number of fused-ring (bicyclic) bond motifs is 2. The molecule has 9 nitrogen and oxygen atoms in total. The second-order valence-corrected chi connectivity index (χ2v) is 5.90. The van der Waals surface area contributed by atoms with Crippen LogP contribution in [0.5, 0.6) is 0 Å². The number of aromatic amines is 1. The van der Waals surface area contributed by atoms with Crippen LogP contribution in [0.15, 0.2) is 4.79 Å². The molecule has 3 N–H and O–H groups in total. The fourth-order valence-electron chi connectivity index (χ4n) is 3.24. The Bertz CT molecular complexity index is 838. The van der Waals surface area contributed by atoms with Crippen LogP contribution in [0.4, 0.5) is 5.95 Å². The number of rotatable bonds is 1. The highest BCUT2D eigenvalue weighted by Gasteiger charge is 2.29. The molecule has 0 aromatic carbocycles. The van der Waals surface area contributed by atoms with Crippen molar-refractivity contribution < 1.29 is 4.79 Å². The van der Waals surface area contributed by atoms with Gasteiger partial charge >= 0.3 is 0 Å². The van der Waals surface area contributed by atoms with Gasteiger partial charge in [-0.3, -0.25) is 14.6 Å². The number of anilines is 1. The van der Waals surface area contributed by atoms with Gasteiger partial charge in [0.05, 0.1) is 12.2 Å². The topological polar surface area (TPSA) is 123 Å². The second kappa shape index (κ2) is 5.18. The molecule has 4 heterocycles. The summed E-state index contributed by atoms with van der Waals surface area (Å²) in [5, 5.41) is 8.19. The normalized spacial score (nSPS) is 16.8. The van der Waals surface area contributed by atoms with Gasteiger partial charge in [0.15, 0.2) is 0 Å². The minimum Gasteiger partial charge on any atom is -0.369 e. The molecule has 0 saturated heterocycles. The van der Waals surface area contributed by atoms with Crippen LogP contribution in [-0.2, 0) is 25.9 Å². The van der Waals surface area contributed by atoms with E-state index in [1.807, 2.05) is 4.57 Å². The van der Waals surface area contributed by atoms with E-state index >= 15 is 0 Å². The molecule has 23 heavy (non-hydrogen) atoms. The molecular weight excluding hydrogens is 298 g/mol. The van der Waals surface area contributed by atoms with Crippen molar-refractivity contribution in [2.24, 2.45) is 0 Å². The highest BCUT2D eigenvalue weighted by Crippen LogP contribution is 2.19. The van der Waals surface area contributed by atoms with Gasteiger partial charge < -0.3 is 15.2 Å². The van der Waals surface area contributed by atoms with Crippen LogP contribution in [0.1, 0.15) is 40.5 Å². The van der Waals surface area contributed by atoms with Crippen molar-refractivity contribution in [3.05, 3.63) is 33.3 Å². The maximum atomic E-state index is 12.8. The number of H-pyrrole nitrogens is 1. The summed E-state index contributed by atoms with van der Waals surface area (Å²) in [6.07, 6.45) is 3.43. The van der Waals surface area contributed by atoms with Gasteiger partial charge in [0, 0.05) is 25.1 Å². The number of aryl methyl sites for hydroxylation is 1. The van der Waals surface area contributed by atoms with Gasteiger partial charge in [0.25, 0.3) is 11.5 Å². The molecular formula is C14H17N7O2. The van der Waals surface area contributed by atoms with E-state index in [4.69, 9.17) is 5.73 Å². The zero-order valence-corrected chi connectivity index (χ0v) is 12.6. The van der Waals surface area contributed by atoms with Crippen LogP contribution in [-0.4, -0.2) is 42.1 Å². The number of amides is 1. The van der Waals surface area contributed by atoms with E-state index < -0.39 is 0 Å². The van der Waals surface area contributed by atoms with Crippen molar-refractivity contribution in [1.29, 1.82) is 0 Å². The Morgan fingerprint density at radius 2 is 2.04 bits per heavy atom. The number of nitrogens with two attached hydrogens (primary N) is 1. The Balaban J connectivity index is 1.63. The van der Waals surface area contributed by atoms with Gasteiger partial charge in [-0.05, 0) is 19.3 Å². The lowest BCUT2D eigenvalue weighted by Crippen LogP contribution is -2.40. The van der Waals surface area contributed by atoms with Gasteiger partial charge in [-0.15, -0.1) is 10.2 Å². The highest BCUT2D eigenvalue weighted by molar-refractivity contribution is 5.91. The smallest absolute Gasteiger partial charge is 0.292 e. The van der Waals surface area contributed by atoms with Gasteiger partial charge in [-0.2, -0.15) is 0 Å². The largest absolute Gasteiger partial charge is 0.369 e. The first-order valence-corrected chi connectivity index (χ1v) is 7.72. The van der Waals surface area contributed by atoms with Gasteiger partial charge in [-0.25, -0.2) is 4.98 Å². The number of aromatic nitrogens is 5. The van der Waals surface area contributed by atoms with E-state index in [1.54, 1.807) is 4.90 Å². The number of hydrogen-bond acceptors (Lipinski definition) is 6. The molecule has 2 aromatic heterocycles. The molecule has 9 heteroatoms. The Kier molecular flexibility index (Phi) is 3.14. The third kappa shape index (κ3) is 2.28. The zero-order chi connectivity index (χ0) is 16.0. The van der Waals surface area contributed by atoms with Gasteiger partial charge in [0.2, 0.25) is 11.8 Å². The summed E-state index contributed by atoms with van der Waals surface area (Å²) < 4.78 is 1.90. The van der Waals surface area contributed by atoms with Crippen LogP contribution in [0, 0.1) is 0 Å². The molecule has 0 spiro atoms. The monoisotopic (exact) mass is 315 g/mol. The minimum absolute atomic E-state index is 0.0721. The summed E-state index contributed by atoms with van der Waals surface area (Å²) >= 11 is 0. The number of carbonyl (C=O) groups is 1. The van der Waals surface area contributed by atoms with Crippen LogP contribution in [0.3, 0.4) is 0 Å². The lowest BCUT2D eigenvalue weighted by molar-refractivity contribution is 0.0712. The molecule has 2 aromatic rings. The zero-order valence-electron chi connectivity index (χ0n) is 12.6. The standard InChI is InChI=1S/C14H17N7O2/c15-14-16-9-7-20(6-4-8(9)12(22)17-14)13(23)11-19-18-10-3-1-2-5-21(10)11/h1-7H2,(H3,15,16,17,22). The maximum absolute atomic E-state index is 12.8. The fraction of sp³-hybridized carbons (Fsp3) is 0.500. The Hall–Kier alpha value is -2.71. The van der Waals surface area contributed by atoms with Crippen molar-refractivity contribution in [2.75, 3.05) is 12.3 Å². The average molecular weight is 315 g/mol. The van der Waals surface area contributed by atoms with Crippen LogP contribution >= 0.6 is 0 Å². The number of hydrogen-bond donors (Lipinski definition) is 2. The Labute approximate surface area is 131 Å². The first kappa shape index (κ1) is 13.9. The number of nitrogen functional groups attached to an aromatic ring is 1. The summed E-state index contributed by atoms with van der Waals surface area (Å²) in [5.41, 5.74) is 6.53. The first-order valence-electron chi connectivity index (χ1n) is 7.72. The van der Waals surface area contributed by atoms with Gasteiger partial charge in [-0.1, -0.05) is 0 Å². The van der Waals surface area contributed by atoms with E-state index in [2.05, 4.69) is 20.2 Å². The number of nitrogens with zero attached hydrogens (tertiary/aromatic N) is 5. The summed E-state index contributed by atoms with van der Waals surface area (Å²) in [7, 11) is 0. The van der Waals surface area contributed by atoms with E-state index in [9.17, 15) is 9.59 Å². The number of carbonyl (C=O) groups excluding carboxylic acids is 1. The molecule has 2 aliphatic rings. The van der Waals surface area contributed by atoms with Crippen molar-refractivity contribution in [2.45, 2.75) is 38.8 Å². The third-order valence-corrected chi connectivity index (χ3v) is 4.43. The van der Waals surface area contributed by atoms with E-state index in [-0.39, 0.29) is 24.0 Å². The predicted molar refractivity (Wildman–Crippen MR) is 80.7 cm³/mol. The molecule has 120 valence electrons. The Morgan fingerprint density at radius 3 is 2.91 bits per heavy atom. The SMILES string of the molecule is Nc1nc2c(c(=O)[nH]1)CCN(C(=O)c1nnc3n1CCCC3)C2. The van der Waals surface area contributed by atoms with E-state index in [1.165, 1.54) is 0 Å². The van der Waals surface area contributed by atoms with Crippen molar-refractivity contribution >= 4 is 11.9 Å². The van der Waals surface area contributed by atoms with Crippen molar-refractivity contribution in [1.82, 2.24) is 29.6 Å². The molecule has 0 fully saturated rings. The molecule has 4 rings (SSSR count). The minimum atomic E-state index is -0.223. The quantitative estimate of drug-likeness (QED) is 0.730. The molecule has 0 atom stereocenters. The van der Waals surface area contributed by atoms with Gasteiger partial charge in [0.1, 0.15) is 5.82 Å². The molecule has 2 aliphatic heterocycles. The molecule has 0 aliphatic carbocycles. The van der Waals surface area contributed by atoms with Crippen LogP contribution in [0.2, 0.25) is 0 Å². The highest BCUT2D eigenvalue weighted by atomic mass is 16.2. The average Bonchev–Trinajstić information content (AvgIpc) is 2.97. The fourth-order valence-corrected chi connectivity index (χ4v) is 3.24. The van der Waals surface area contributed by atoms with E-state index in [0.29, 0.717) is 30.0 Å². The molecule has 0 radical (unpaired) electrons. The summed E-state index contributed by atoms with van der Waals surface area (Å²) in [4.78, 5) is 33.0. The van der Waals surface area contributed by atoms with Crippen molar-refractivity contribution in [3.8, 4) is 0 Å². The summed E-state index contributed by atoms with van der Waals surface area (Å²) in [6.45, 7) is 1.51. The summed E-state index contributed by atoms with van der Waals surface area (Å²) in [5.74, 6) is 1.15. The van der Waals surface area contributed by atoms with Crippen LogP contribution < -0.4 is 11.3 Å². The Morgan fingerprint density at radius 1 is 1.17 bits per heavy atom. The maximum Gasteiger partial charge on any atom is 0.292 e.